The molecule has 4 amide bonds. The molecular formula is C19H23N3O5. The first-order valence-corrected chi connectivity index (χ1v) is 9.34. The van der Waals surface area contributed by atoms with E-state index in [-0.39, 0.29) is 19.2 Å². The Labute approximate surface area is 157 Å². The topological polar surface area (TPSA) is 97.0 Å². The van der Waals surface area contributed by atoms with Crippen molar-refractivity contribution in [3.8, 4) is 11.5 Å². The molecule has 0 atom stereocenters. The van der Waals surface area contributed by atoms with Crippen LogP contribution in [0, 0.1) is 5.92 Å². The number of hydrogen-bond donors (Lipinski definition) is 2. The van der Waals surface area contributed by atoms with Gasteiger partial charge in [0.1, 0.15) is 12.1 Å². The molecule has 2 aliphatic heterocycles. The van der Waals surface area contributed by atoms with E-state index in [0.717, 1.165) is 24.2 Å². The Bertz CT molecular complexity index is 786. The van der Waals surface area contributed by atoms with Crippen LogP contribution >= 0.6 is 0 Å². The van der Waals surface area contributed by atoms with Gasteiger partial charge in [0.25, 0.3) is 5.91 Å². The molecule has 0 aromatic heterocycles. The number of nitrogens with zero attached hydrogens (tertiary/aromatic N) is 1. The second-order valence-corrected chi connectivity index (χ2v) is 7.37. The van der Waals surface area contributed by atoms with Gasteiger partial charge in [0, 0.05) is 11.8 Å². The molecule has 1 saturated carbocycles. The Morgan fingerprint density at radius 3 is 2.74 bits per heavy atom. The van der Waals surface area contributed by atoms with Crippen LogP contribution in [0.4, 0.5) is 10.5 Å². The van der Waals surface area contributed by atoms with E-state index in [4.69, 9.17) is 9.47 Å². The molecule has 144 valence electrons. The number of ether oxygens (including phenoxy) is 2. The van der Waals surface area contributed by atoms with Crippen LogP contribution in [0.1, 0.15) is 39.0 Å². The van der Waals surface area contributed by atoms with Crippen LogP contribution in [0.25, 0.3) is 0 Å². The van der Waals surface area contributed by atoms with Crippen molar-refractivity contribution in [1.29, 1.82) is 0 Å². The fourth-order valence-electron chi connectivity index (χ4n) is 4.06. The van der Waals surface area contributed by atoms with Gasteiger partial charge in [-0.2, -0.15) is 0 Å². The first kappa shape index (κ1) is 17.6. The molecule has 2 heterocycles. The zero-order valence-electron chi connectivity index (χ0n) is 15.2. The Morgan fingerprint density at radius 1 is 1.26 bits per heavy atom. The molecule has 27 heavy (non-hydrogen) atoms. The second kappa shape index (κ2) is 6.75. The van der Waals surface area contributed by atoms with Gasteiger partial charge in [-0.05, 0) is 43.7 Å². The Kier molecular flexibility index (Phi) is 4.41. The third-order valence-electron chi connectivity index (χ3n) is 5.74. The number of anilines is 1. The molecule has 1 aromatic rings. The van der Waals surface area contributed by atoms with Crippen LogP contribution in [0.3, 0.4) is 0 Å². The van der Waals surface area contributed by atoms with Crippen molar-refractivity contribution in [2.75, 3.05) is 18.7 Å². The average molecular weight is 373 g/mol. The predicted molar refractivity (Wildman–Crippen MR) is 96.4 cm³/mol. The lowest BCUT2D eigenvalue weighted by Crippen LogP contribution is -2.49. The van der Waals surface area contributed by atoms with Crippen molar-refractivity contribution in [2.45, 2.75) is 44.6 Å². The lowest BCUT2D eigenvalue weighted by molar-refractivity contribution is -0.135. The molecule has 0 radical (unpaired) electrons. The van der Waals surface area contributed by atoms with Gasteiger partial charge in [-0.25, -0.2) is 4.79 Å². The lowest BCUT2D eigenvalue weighted by atomic mass is 9.75. The van der Waals surface area contributed by atoms with E-state index in [0.29, 0.717) is 35.9 Å². The summed E-state index contributed by atoms with van der Waals surface area (Å²) in [5, 5.41) is 5.54. The summed E-state index contributed by atoms with van der Waals surface area (Å²) in [7, 11) is 0. The van der Waals surface area contributed by atoms with Crippen LogP contribution in [0.2, 0.25) is 0 Å². The highest BCUT2D eigenvalue weighted by Crippen LogP contribution is 2.38. The maximum Gasteiger partial charge on any atom is 0.325 e. The van der Waals surface area contributed by atoms with E-state index in [9.17, 15) is 14.4 Å². The molecule has 1 saturated heterocycles. The van der Waals surface area contributed by atoms with E-state index in [2.05, 4.69) is 17.6 Å². The molecule has 4 rings (SSSR count). The van der Waals surface area contributed by atoms with Gasteiger partial charge in [-0.1, -0.05) is 13.3 Å². The van der Waals surface area contributed by atoms with Crippen molar-refractivity contribution in [2.24, 2.45) is 5.92 Å². The van der Waals surface area contributed by atoms with Gasteiger partial charge >= 0.3 is 6.03 Å². The number of hydrogen-bond acceptors (Lipinski definition) is 5. The maximum atomic E-state index is 12.9. The molecule has 8 nitrogen and oxygen atoms in total. The minimum Gasteiger partial charge on any atom is -0.454 e. The number of fused-ring (bicyclic) bond motifs is 1. The van der Waals surface area contributed by atoms with Crippen molar-refractivity contribution in [1.82, 2.24) is 10.2 Å². The molecular weight excluding hydrogens is 350 g/mol. The SMILES string of the molecule is CCC1CCC2(CC1)NC(=O)N(CC(=O)Nc1ccc3c(c1)OCO3)C2=O. The number of urea groups is 1. The predicted octanol–water partition coefficient (Wildman–Crippen LogP) is 2.24. The van der Waals surface area contributed by atoms with E-state index in [1.54, 1.807) is 18.2 Å². The van der Waals surface area contributed by atoms with Crippen molar-refractivity contribution in [3.05, 3.63) is 18.2 Å². The number of carbonyl (C=O) groups is 3. The second-order valence-electron chi connectivity index (χ2n) is 7.37. The van der Waals surface area contributed by atoms with E-state index in [1.165, 1.54) is 0 Å². The highest BCUT2D eigenvalue weighted by Gasteiger charge is 2.52. The third kappa shape index (κ3) is 3.20. The van der Waals surface area contributed by atoms with Crippen molar-refractivity contribution < 1.29 is 23.9 Å². The van der Waals surface area contributed by atoms with Crippen molar-refractivity contribution >= 4 is 23.5 Å². The molecule has 1 aliphatic carbocycles. The summed E-state index contributed by atoms with van der Waals surface area (Å²) in [5.74, 6) is 1.05. The molecule has 0 bridgehead atoms. The van der Waals surface area contributed by atoms with Crippen LogP contribution < -0.4 is 20.1 Å². The van der Waals surface area contributed by atoms with E-state index in [1.807, 2.05) is 0 Å². The summed E-state index contributed by atoms with van der Waals surface area (Å²) in [4.78, 5) is 38.6. The third-order valence-corrected chi connectivity index (χ3v) is 5.74. The molecule has 2 N–H and O–H groups in total. The fourth-order valence-corrected chi connectivity index (χ4v) is 4.06. The summed E-state index contributed by atoms with van der Waals surface area (Å²) in [6.07, 6.45) is 4.19. The zero-order valence-corrected chi connectivity index (χ0v) is 15.2. The fraction of sp³-hybridized carbons (Fsp3) is 0.526. The number of rotatable bonds is 4. The quantitative estimate of drug-likeness (QED) is 0.789. The van der Waals surface area contributed by atoms with E-state index >= 15 is 0 Å². The average Bonchev–Trinajstić information content (AvgIpc) is 3.21. The number of amides is 4. The molecule has 8 heteroatoms. The first-order chi connectivity index (χ1) is 13.0. The summed E-state index contributed by atoms with van der Waals surface area (Å²) in [6, 6.07) is 4.55. The highest BCUT2D eigenvalue weighted by atomic mass is 16.7. The smallest absolute Gasteiger partial charge is 0.325 e. The summed E-state index contributed by atoms with van der Waals surface area (Å²) >= 11 is 0. The van der Waals surface area contributed by atoms with Gasteiger partial charge in [0.2, 0.25) is 12.7 Å². The standard InChI is InChI=1S/C19H23N3O5/c1-2-12-5-7-19(8-6-12)17(24)22(18(25)21-19)10-16(23)20-13-3-4-14-15(9-13)27-11-26-14/h3-4,9,12H,2,5-8,10-11H2,1H3,(H,20,23)(H,21,25). The lowest BCUT2D eigenvalue weighted by Gasteiger charge is -2.34. The van der Waals surface area contributed by atoms with E-state index < -0.39 is 17.5 Å². The number of imide groups is 1. The van der Waals surface area contributed by atoms with Crippen LogP contribution in [-0.4, -0.2) is 41.6 Å². The largest absolute Gasteiger partial charge is 0.454 e. The molecule has 1 spiro atoms. The van der Waals surface area contributed by atoms with Gasteiger partial charge in [-0.3, -0.25) is 14.5 Å². The van der Waals surface area contributed by atoms with Crippen molar-refractivity contribution in [3.63, 3.8) is 0 Å². The van der Waals surface area contributed by atoms with Gasteiger partial charge in [0.15, 0.2) is 11.5 Å². The van der Waals surface area contributed by atoms with Gasteiger partial charge in [-0.15, -0.1) is 0 Å². The number of nitrogens with one attached hydrogen (secondary N) is 2. The maximum absolute atomic E-state index is 12.9. The Hall–Kier alpha value is -2.77. The summed E-state index contributed by atoms with van der Waals surface area (Å²) in [6.45, 7) is 1.98. The summed E-state index contributed by atoms with van der Waals surface area (Å²) in [5.41, 5.74) is -0.309. The minimum atomic E-state index is -0.832. The van der Waals surface area contributed by atoms with Gasteiger partial charge < -0.3 is 20.1 Å². The van der Waals surface area contributed by atoms with Crippen LogP contribution in [0.5, 0.6) is 11.5 Å². The summed E-state index contributed by atoms with van der Waals surface area (Å²) < 4.78 is 10.5. The monoisotopic (exact) mass is 373 g/mol. The Morgan fingerprint density at radius 2 is 2.00 bits per heavy atom. The number of benzene rings is 1. The number of carbonyl (C=O) groups excluding carboxylic acids is 3. The minimum absolute atomic E-state index is 0.149. The van der Waals surface area contributed by atoms with Gasteiger partial charge in [0.05, 0.1) is 0 Å². The van der Waals surface area contributed by atoms with Crippen LogP contribution in [-0.2, 0) is 9.59 Å². The zero-order chi connectivity index (χ0) is 19.0. The molecule has 0 unspecified atom stereocenters. The highest BCUT2D eigenvalue weighted by molar-refractivity contribution is 6.10. The first-order valence-electron chi connectivity index (χ1n) is 9.34. The normalized spacial score (nSPS) is 26.4. The van der Waals surface area contributed by atoms with Crippen LogP contribution in [0.15, 0.2) is 18.2 Å². The molecule has 2 fully saturated rings. The molecule has 3 aliphatic rings. The Balaban J connectivity index is 1.39. The molecule has 1 aromatic carbocycles.